The SMILES string of the molecule is C=C1CCC2C(C1)NC(=O)C21CCC(C)CC1. The third-order valence-electron chi connectivity index (χ3n) is 5.45. The van der Waals surface area contributed by atoms with Crippen LogP contribution in [0.2, 0.25) is 0 Å². The lowest BCUT2D eigenvalue weighted by molar-refractivity contribution is -0.131. The van der Waals surface area contributed by atoms with Gasteiger partial charge in [-0.05, 0) is 56.8 Å². The van der Waals surface area contributed by atoms with E-state index >= 15 is 0 Å². The van der Waals surface area contributed by atoms with Crippen molar-refractivity contribution in [2.75, 3.05) is 0 Å². The molecule has 2 nitrogen and oxygen atoms in total. The molecular formula is C15H23NO. The van der Waals surface area contributed by atoms with E-state index in [9.17, 15) is 4.79 Å². The second-order valence-electron chi connectivity index (χ2n) is 6.52. The molecule has 2 unspecified atom stereocenters. The minimum atomic E-state index is -0.00211. The molecule has 17 heavy (non-hydrogen) atoms. The highest BCUT2D eigenvalue weighted by atomic mass is 16.2. The largest absolute Gasteiger partial charge is 0.352 e. The first kappa shape index (κ1) is 11.3. The van der Waals surface area contributed by atoms with Gasteiger partial charge in [0.25, 0.3) is 0 Å². The Hall–Kier alpha value is -0.790. The lowest BCUT2D eigenvalue weighted by atomic mass is 9.61. The molecule has 0 aromatic heterocycles. The Bertz CT molecular complexity index is 352. The average molecular weight is 233 g/mol. The highest BCUT2D eigenvalue weighted by Gasteiger charge is 2.55. The molecular weight excluding hydrogens is 210 g/mol. The predicted molar refractivity (Wildman–Crippen MR) is 68.5 cm³/mol. The maximum Gasteiger partial charge on any atom is 0.226 e. The molecule has 1 amide bonds. The van der Waals surface area contributed by atoms with Gasteiger partial charge >= 0.3 is 0 Å². The van der Waals surface area contributed by atoms with Crippen LogP contribution in [0.5, 0.6) is 0 Å². The summed E-state index contributed by atoms with van der Waals surface area (Å²) in [5.74, 6) is 1.76. The van der Waals surface area contributed by atoms with Crippen LogP contribution in [0.4, 0.5) is 0 Å². The van der Waals surface area contributed by atoms with E-state index in [1.807, 2.05) is 0 Å². The summed E-state index contributed by atoms with van der Waals surface area (Å²) in [6, 6.07) is 0.400. The van der Waals surface area contributed by atoms with E-state index in [1.165, 1.54) is 24.8 Å². The molecule has 0 aromatic rings. The van der Waals surface area contributed by atoms with Gasteiger partial charge in [-0.15, -0.1) is 0 Å². The first-order valence-electron chi connectivity index (χ1n) is 7.09. The van der Waals surface area contributed by atoms with Crippen LogP contribution in [0, 0.1) is 17.3 Å². The van der Waals surface area contributed by atoms with Crippen molar-refractivity contribution < 1.29 is 4.79 Å². The van der Waals surface area contributed by atoms with Crippen LogP contribution in [0.1, 0.15) is 51.9 Å². The summed E-state index contributed by atoms with van der Waals surface area (Å²) < 4.78 is 0. The molecule has 1 N–H and O–H groups in total. The fourth-order valence-electron chi connectivity index (χ4n) is 4.28. The molecule has 0 aromatic carbocycles. The Morgan fingerprint density at radius 1 is 1.29 bits per heavy atom. The van der Waals surface area contributed by atoms with Crippen LogP contribution in [-0.2, 0) is 4.79 Å². The maximum atomic E-state index is 12.4. The van der Waals surface area contributed by atoms with Gasteiger partial charge in [0, 0.05) is 6.04 Å². The number of hydrogen-bond donors (Lipinski definition) is 1. The van der Waals surface area contributed by atoms with E-state index in [2.05, 4.69) is 18.8 Å². The zero-order valence-corrected chi connectivity index (χ0v) is 10.8. The zero-order valence-electron chi connectivity index (χ0n) is 10.8. The van der Waals surface area contributed by atoms with Crippen molar-refractivity contribution in [3.8, 4) is 0 Å². The molecule has 94 valence electrons. The van der Waals surface area contributed by atoms with E-state index in [1.54, 1.807) is 0 Å². The highest BCUT2D eigenvalue weighted by molar-refractivity contribution is 5.86. The van der Waals surface area contributed by atoms with Gasteiger partial charge in [0.15, 0.2) is 0 Å². The predicted octanol–water partition coefficient (Wildman–Crippen LogP) is 3.04. The standard InChI is InChI=1S/C15H23NO/c1-10-5-7-15(8-6-10)12-4-3-11(2)9-13(12)16-14(15)17/h10,12-13H,2-9H2,1H3,(H,16,17). The van der Waals surface area contributed by atoms with Crippen molar-refractivity contribution in [1.29, 1.82) is 0 Å². The normalized spacial score (nSPS) is 45.8. The smallest absolute Gasteiger partial charge is 0.226 e. The van der Waals surface area contributed by atoms with Crippen LogP contribution in [0.15, 0.2) is 12.2 Å². The van der Waals surface area contributed by atoms with Gasteiger partial charge in [-0.3, -0.25) is 4.79 Å². The topological polar surface area (TPSA) is 29.1 Å². The van der Waals surface area contributed by atoms with Crippen LogP contribution in [-0.4, -0.2) is 11.9 Å². The van der Waals surface area contributed by atoms with E-state index in [0.29, 0.717) is 17.9 Å². The van der Waals surface area contributed by atoms with E-state index < -0.39 is 0 Å². The molecule has 2 aliphatic carbocycles. The number of nitrogens with one attached hydrogen (secondary N) is 1. The Morgan fingerprint density at radius 3 is 2.71 bits per heavy atom. The minimum absolute atomic E-state index is 0.00211. The number of hydrogen-bond acceptors (Lipinski definition) is 1. The quantitative estimate of drug-likeness (QED) is 0.640. The average Bonchev–Trinajstić information content (AvgIpc) is 2.55. The maximum absolute atomic E-state index is 12.4. The van der Waals surface area contributed by atoms with Crippen LogP contribution >= 0.6 is 0 Å². The summed E-state index contributed by atoms with van der Waals surface area (Å²) in [6.45, 7) is 6.41. The molecule has 3 aliphatic rings. The molecule has 1 saturated heterocycles. The van der Waals surface area contributed by atoms with Gasteiger partial charge in [0.1, 0.15) is 0 Å². The van der Waals surface area contributed by atoms with Crippen molar-refractivity contribution in [3.63, 3.8) is 0 Å². The van der Waals surface area contributed by atoms with E-state index in [0.717, 1.165) is 31.6 Å². The van der Waals surface area contributed by atoms with Gasteiger partial charge in [0.2, 0.25) is 5.91 Å². The lowest BCUT2D eigenvalue weighted by Gasteiger charge is -2.41. The Labute approximate surface area is 104 Å². The fourth-order valence-corrected chi connectivity index (χ4v) is 4.28. The molecule has 3 rings (SSSR count). The zero-order chi connectivity index (χ0) is 12.0. The van der Waals surface area contributed by atoms with Crippen LogP contribution in [0.3, 0.4) is 0 Å². The van der Waals surface area contributed by atoms with Gasteiger partial charge in [-0.1, -0.05) is 19.1 Å². The second kappa shape index (κ2) is 3.86. The molecule has 1 heterocycles. The van der Waals surface area contributed by atoms with Crippen molar-refractivity contribution >= 4 is 5.91 Å². The molecule has 0 radical (unpaired) electrons. The lowest BCUT2D eigenvalue weighted by Crippen LogP contribution is -2.39. The van der Waals surface area contributed by atoms with E-state index in [-0.39, 0.29) is 5.41 Å². The third-order valence-corrected chi connectivity index (χ3v) is 5.45. The highest BCUT2D eigenvalue weighted by Crippen LogP contribution is 2.53. The molecule has 1 aliphatic heterocycles. The monoisotopic (exact) mass is 233 g/mol. The van der Waals surface area contributed by atoms with Crippen LogP contribution in [0.25, 0.3) is 0 Å². The summed E-state index contributed by atoms with van der Waals surface area (Å²) in [7, 11) is 0. The third kappa shape index (κ3) is 1.64. The Kier molecular flexibility index (Phi) is 2.57. The number of carbonyl (C=O) groups is 1. The molecule has 2 atom stereocenters. The number of amides is 1. The fraction of sp³-hybridized carbons (Fsp3) is 0.800. The van der Waals surface area contributed by atoms with Gasteiger partial charge in [-0.2, -0.15) is 0 Å². The van der Waals surface area contributed by atoms with Crippen molar-refractivity contribution in [2.45, 2.75) is 57.9 Å². The first-order valence-corrected chi connectivity index (χ1v) is 7.09. The molecule has 0 bridgehead atoms. The van der Waals surface area contributed by atoms with Crippen molar-refractivity contribution in [2.24, 2.45) is 17.3 Å². The van der Waals surface area contributed by atoms with Gasteiger partial charge < -0.3 is 5.32 Å². The summed E-state index contributed by atoms with van der Waals surface area (Å²) in [4.78, 5) is 12.4. The summed E-state index contributed by atoms with van der Waals surface area (Å²) in [5.41, 5.74) is 1.32. The summed E-state index contributed by atoms with van der Waals surface area (Å²) >= 11 is 0. The molecule has 3 fully saturated rings. The summed E-state index contributed by atoms with van der Waals surface area (Å²) in [6.07, 6.45) is 8.04. The number of rotatable bonds is 0. The minimum Gasteiger partial charge on any atom is -0.352 e. The number of fused-ring (bicyclic) bond motifs is 2. The second-order valence-corrected chi connectivity index (χ2v) is 6.52. The molecule has 1 spiro atoms. The van der Waals surface area contributed by atoms with Gasteiger partial charge in [0.05, 0.1) is 5.41 Å². The Morgan fingerprint density at radius 2 is 2.00 bits per heavy atom. The molecule has 2 heteroatoms. The first-order chi connectivity index (χ1) is 8.12. The van der Waals surface area contributed by atoms with Crippen LogP contribution < -0.4 is 5.32 Å². The number of carbonyl (C=O) groups excluding carboxylic acids is 1. The molecule has 2 saturated carbocycles. The van der Waals surface area contributed by atoms with Crippen molar-refractivity contribution in [3.05, 3.63) is 12.2 Å². The summed E-state index contributed by atoms with van der Waals surface area (Å²) in [5, 5.41) is 3.26. The van der Waals surface area contributed by atoms with Gasteiger partial charge in [-0.25, -0.2) is 0 Å². The van der Waals surface area contributed by atoms with Crippen molar-refractivity contribution in [1.82, 2.24) is 5.32 Å². The Balaban J connectivity index is 1.84. The van der Waals surface area contributed by atoms with E-state index in [4.69, 9.17) is 0 Å².